The average Bonchev–Trinajstić information content (AvgIpc) is 2.38. The monoisotopic (exact) mass is 423 g/mol. The molecule has 0 amide bonds. The predicted molar refractivity (Wildman–Crippen MR) is 91.4 cm³/mol. The van der Waals surface area contributed by atoms with Crippen molar-refractivity contribution in [2.24, 2.45) is 0 Å². The van der Waals surface area contributed by atoms with Crippen LogP contribution in [0.15, 0.2) is 0 Å². The topological polar surface area (TPSA) is 87.4 Å². The number of hydrogen-bond acceptors (Lipinski definition) is 8. The van der Waals surface area contributed by atoms with Crippen LogP contribution in [0.1, 0.15) is 0 Å². The van der Waals surface area contributed by atoms with Gasteiger partial charge in [0.15, 0.2) is 0 Å². The van der Waals surface area contributed by atoms with Gasteiger partial charge in [0, 0.05) is 26.2 Å². The van der Waals surface area contributed by atoms with Gasteiger partial charge >= 0.3 is 17.1 Å². The molecule has 0 saturated heterocycles. The molecule has 0 aromatic heterocycles. The first-order valence-corrected chi connectivity index (χ1v) is 7.43. The van der Waals surface area contributed by atoms with Gasteiger partial charge in [-0.25, -0.2) is 0 Å². The average molecular weight is 424 g/mol. The maximum Gasteiger partial charge on any atom is 2.00 e. The Labute approximate surface area is 157 Å². The molecule has 6 nitrogen and oxygen atoms in total. The number of rotatable bonds is 8. The molecule has 0 rings (SSSR count). The Morgan fingerprint density at radius 3 is 0.952 bits per heavy atom. The molecule has 0 saturated carbocycles. The summed E-state index contributed by atoms with van der Waals surface area (Å²) in [5.41, 5.74) is 0. The van der Waals surface area contributed by atoms with E-state index in [9.17, 15) is 0 Å². The molecule has 4 N–H and O–H groups in total. The molecule has 0 aliphatic heterocycles. The molecule has 0 bridgehead atoms. The SMILES string of the molecule is OCCN(CCO)C(=S)[S-].OCCN(CCO)C(=S)[S-].[Cu+2]. The summed E-state index contributed by atoms with van der Waals surface area (Å²) in [4.78, 5) is 3.15. The summed E-state index contributed by atoms with van der Waals surface area (Å²) in [7, 11) is 0. The summed E-state index contributed by atoms with van der Waals surface area (Å²) < 4.78 is 0.589. The minimum absolute atomic E-state index is 0. The molecular weight excluding hydrogens is 404 g/mol. The molecule has 0 spiro atoms. The van der Waals surface area contributed by atoms with Crippen LogP contribution >= 0.6 is 24.4 Å². The Bertz CT molecular complexity index is 239. The zero-order valence-electron chi connectivity index (χ0n) is 11.3. The second-order valence-electron chi connectivity index (χ2n) is 3.40. The first kappa shape index (κ1) is 26.5. The fraction of sp³-hybridized carbons (Fsp3) is 0.800. The first-order valence-electron chi connectivity index (χ1n) is 5.79. The van der Waals surface area contributed by atoms with Crippen LogP contribution < -0.4 is 0 Å². The van der Waals surface area contributed by atoms with E-state index >= 15 is 0 Å². The van der Waals surface area contributed by atoms with Gasteiger partial charge in [-0.15, -0.1) is 0 Å². The predicted octanol–water partition coefficient (Wildman–Crippen LogP) is -1.79. The number of thiocarbonyl (C=S) groups is 2. The first-order chi connectivity index (χ1) is 9.44. The summed E-state index contributed by atoms with van der Waals surface area (Å²) >= 11 is 18.7. The minimum Gasteiger partial charge on any atom is -0.411 e. The number of aliphatic hydroxyl groups excluding tert-OH is 4. The van der Waals surface area contributed by atoms with Gasteiger partial charge in [0.2, 0.25) is 0 Å². The van der Waals surface area contributed by atoms with Crippen molar-refractivity contribution >= 4 is 58.3 Å². The number of aliphatic hydroxyl groups is 4. The van der Waals surface area contributed by atoms with Crippen LogP contribution in [-0.2, 0) is 42.3 Å². The number of hydrogen-bond donors (Lipinski definition) is 4. The smallest absolute Gasteiger partial charge is 0.411 e. The quantitative estimate of drug-likeness (QED) is 0.204. The molecular formula is C10H20CuN2O4S4. The van der Waals surface area contributed by atoms with Gasteiger partial charge in [0.05, 0.1) is 26.4 Å². The van der Waals surface area contributed by atoms with Crippen LogP contribution in [0.2, 0.25) is 0 Å². The summed E-state index contributed by atoms with van der Waals surface area (Å²) in [6.07, 6.45) is 0. The van der Waals surface area contributed by atoms with E-state index in [0.717, 1.165) is 0 Å². The van der Waals surface area contributed by atoms with E-state index in [1.54, 1.807) is 9.80 Å². The largest absolute Gasteiger partial charge is 2.00 e. The standard InChI is InChI=1S/2C5H11NO2S2.Cu/c2*7-3-1-6(2-4-8)5(9)10;/h2*7-8H,1-4H2,(H,9,10);/q;;+2/p-2. The Morgan fingerprint density at radius 2 is 0.857 bits per heavy atom. The zero-order valence-corrected chi connectivity index (χ0v) is 15.5. The van der Waals surface area contributed by atoms with Crippen molar-refractivity contribution in [2.75, 3.05) is 52.6 Å². The van der Waals surface area contributed by atoms with Crippen molar-refractivity contribution in [1.29, 1.82) is 0 Å². The third-order valence-electron chi connectivity index (χ3n) is 2.00. The van der Waals surface area contributed by atoms with E-state index < -0.39 is 0 Å². The van der Waals surface area contributed by atoms with Gasteiger partial charge in [0.1, 0.15) is 0 Å². The zero-order chi connectivity index (χ0) is 16.0. The molecule has 129 valence electrons. The summed E-state index contributed by atoms with van der Waals surface area (Å²) in [5.74, 6) is 0. The molecule has 0 aliphatic rings. The van der Waals surface area contributed by atoms with Crippen molar-refractivity contribution in [2.45, 2.75) is 0 Å². The summed E-state index contributed by atoms with van der Waals surface area (Å²) in [6.45, 7) is 1.67. The fourth-order valence-electron chi connectivity index (χ4n) is 1.07. The van der Waals surface area contributed by atoms with Crippen LogP contribution in [0.25, 0.3) is 0 Å². The van der Waals surface area contributed by atoms with Crippen molar-refractivity contribution in [3.8, 4) is 0 Å². The van der Waals surface area contributed by atoms with E-state index in [-0.39, 0.29) is 43.5 Å². The van der Waals surface area contributed by atoms with Crippen LogP contribution in [0.3, 0.4) is 0 Å². The molecule has 0 aromatic carbocycles. The molecule has 0 heterocycles. The van der Waals surface area contributed by atoms with Gasteiger partial charge in [-0.3, -0.25) is 0 Å². The molecule has 0 unspecified atom stereocenters. The maximum absolute atomic E-state index is 8.48. The van der Waals surface area contributed by atoms with Crippen molar-refractivity contribution < 1.29 is 37.5 Å². The van der Waals surface area contributed by atoms with Crippen LogP contribution in [0.5, 0.6) is 0 Å². The van der Waals surface area contributed by atoms with Gasteiger partial charge in [-0.05, 0) is 0 Å². The van der Waals surface area contributed by atoms with Crippen LogP contribution in [-0.4, -0.2) is 91.5 Å². The third-order valence-corrected chi connectivity index (χ3v) is 3.03. The van der Waals surface area contributed by atoms with Crippen molar-refractivity contribution in [1.82, 2.24) is 9.80 Å². The maximum atomic E-state index is 8.48. The van der Waals surface area contributed by atoms with Gasteiger partial charge in [-0.1, -0.05) is 8.64 Å². The Hall–Kier alpha value is 0.579. The second kappa shape index (κ2) is 18.6. The molecule has 0 atom stereocenters. The molecule has 11 heteroatoms. The summed E-state index contributed by atoms with van der Waals surface area (Å²) in [5, 5.41) is 33.9. The van der Waals surface area contributed by atoms with E-state index in [0.29, 0.717) is 34.8 Å². The molecule has 0 fully saturated rings. The summed E-state index contributed by atoms with van der Waals surface area (Å²) in [6, 6.07) is 0. The van der Waals surface area contributed by atoms with E-state index in [1.807, 2.05) is 0 Å². The third kappa shape index (κ3) is 16.8. The normalized spacial score (nSPS) is 8.95. The number of nitrogens with zero attached hydrogens (tertiary/aromatic N) is 2. The van der Waals surface area contributed by atoms with Crippen LogP contribution in [0.4, 0.5) is 0 Å². The molecule has 21 heavy (non-hydrogen) atoms. The van der Waals surface area contributed by atoms with Crippen LogP contribution in [0, 0.1) is 0 Å². The van der Waals surface area contributed by atoms with E-state index in [4.69, 9.17) is 20.4 Å². The van der Waals surface area contributed by atoms with E-state index in [2.05, 4.69) is 49.7 Å². The molecule has 1 radical (unpaired) electrons. The Balaban J connectivity index is -0.000000295. The van der Waals surface area contributed by atoms with E-state index in [1.165, 1.54) is 0 Å². The second-order valence-corrected chi connectivity index (χ2v) is 5.46. The van der Waals surface area contributed by atoms with Gasteiger partial charge in [0.25, 0.3) is 0 Å². The Kier molecular flexibility index (Phi) is 23.5. The molecule has 0 aromatic rings. The Morgan fingerprint density at radius 1 is 0.667 bits per heavy atom. The van der Waals surface area contributed by atoms with Gasteiger partial charge < -0.3 is 79.9 Å². The van der Waals surface area contributed by atoms with Crippen molar-refractivity contribution in [3.63, 3.8) is 0 Å². The fourth-order valence-corrected chi connectivity index (χ4v) is 1.80. The minimum atomic E-state index is 0. The molecule has 0 aliphatic carbocycles. The van der Waals surface area contributed by atoms with Crippen molar-refractivity contribution in [3.05, 3.63) is 0 Å². The van der Waals surface area contributed by atoms with Gasteiger partial charge in [-0.2, -0.15) is 0 Å².